The van der Waals surface area contributed by atoms with Crippen molar-refractivity contribution in [3.8, 4) is 0 Å². The van der Waals surface area contributed by atoms with Gasteiger partial charge in [-0.15, -0.1) is 5.11 Å². The summed E-state index contributed by atoms with van der Waals surface area (Å²) >= 11 is 0. The topological polar surface area (TPSA) is 37.1 Å². The molecule has 3 nitrogen and oxygen atoms in total. The summed E-state index contributed by atoms with van der Waals surface area (Å²) in [5.74, 6) is 1.46. The van der Waals surface area contributed by atoms with E-state index in [4.69, 9.17) is 0 Å². The number of rotatable bonds is 2. The van der Waals surface area contributed by atoms with Crippen LogP contribution in [-0.2, 0) is 0 Å². The maximum atomic E-state index is 4.21. The van der Waals surface area contributed by atoms with E-state index in [0.29, 0.717) is 5.92 Å². The summed E-state index contributed by atoms with van der Waals surface area (Å²) in [7, 11) is 0. The Morgan fingerprint density at radius 2 is 2.20 bits per heavy atom. The highest BCUT2D eigenvalue weighted by molar-refractivity contribution is 5.80. The SMILES string of the molecule is CC1=NC(CC(C)C)N=N1. The van der Waals surface area contributed by atoms with Crippen LogP contribution in [0.15, 0.2) is 15.2 Å². The molecule has 0 saturated heterocycles. The van der Waals surface area contributed by atoms with Crippen LogP contribution in [0.4, 0.5) is 0 Å². The Bertz CT molecular complexity index is 170. The van der Waals surface area contributed by atoms with Gasteiger partial charge in [0.25, 0.3) is 0 Å². The van der Waals surface area contributed by atoms with Gasteiger partial charge in [0.05, 0.1) is 0 Å². The molecular weight excluding hydrogens is 126 g/mol. The predicted octanol–water partition coefficient (Wildman–Crippen LogP) is 2.24. The fraction of sp³-hybridized carbons (Fsp3) is 0.857. The molecule has 56 valence electrons. The summed E-state index contributed by atoms with van der Waals surface area (Å²) in [6.45, 7) is 6.21. The summed E-state index contributed by atoms with van der Waals surface area (Å²) in [6, 6.07) is 0. The first kappa shape index (κ1) is 7.38. The molecule has 0 N–H and O–H groups in total. The van der Waals surface area contributed by atoms with E-state index in [-0.39, 0.29) is 6.17 Å². The minimum atomic E-state index is 0.111. The zero-order valence-corrected chi connectivity index (χ0v) is 6.70. The Morgan fingerprint density at radius 1 is 1.50 bits per heavy atom. The third-order valence-electron chi connectivity index (χ3n) is 1.35. The van der Waals surface area contributed by atoms with Crippen molar-refractivity contribution in [2.24, 2.45) is 21.1 Å². The quantitative estimate of drug-likeness (QED) is 0.562. The molecule has 10 heavy (non-hydrogen) atoms. The molecule has 0 bridgehead atoms. The molecule has 1 atom stereocenters. The molecule has 0 spiro atoms. The van der Waals surface area contributed by atoms with Crippen LogP contribution in [-0.4, -0.2) is 12.0 Å². The molecule has 1 unspecified atom stereocenters. The average molecular weight is 139 g/mol. The van der Waals surface area contributed by atoms with E-state index in [0.717, 1.165) is 12.3 Å². The summed E-state index contributed by atoms with van der Waals surface area (Å²) in [6.07, 6.45) is 1.13. The molecule has 0 saturated carbocycles. The Morgan fingerprint density at radius 3 is 2.60 bits per heavy atom. The fourth-order valence-corrected chi connectivity index (χ4v) is 0.939. The second kappa shape index (κ2) is 2.90. The van der Waals surface area contributed by atoms with Crippen molar-refractivity contribution in [1.82, 2.24) is 0 Å². The zero-order valence-electron chi connectivity index (χ0n) is 6.70. The van der Waals surface area contributed by atoms with Gasteiger partial charge in [-0.1, -0.05) is 13.8 Å². The van der Waals surface area contributed by atoms with E-state index in [1.807, 2.05) is 6.92 Å². The van der Waals surface area contributed by atoms with Crippen LogP contribution in [0.1, 0.15) is 27.2 Å². The third-order valence-corrected chi connectivity index (χ3v) is 1.35. The van der Waals surface area contributed by atoms with E-state index in [2.05, 4.69) is 29.1 Å². The first-order valence-corrected chi connectivity index (χ1v) is 3.63. The van der Waals surface area contributed by atoms with Gasteiger partial charge >= 0.3 is 0 Å². The van der Waals surface area contributed by atoms with Gasteiger partial charge in [-0.25, -0.2) is 4.99 Å². The Balaban J connectivity index is 2.40. The van der Waals surface area contributed by atoms with Gasteiger partial charge in [-0.2, -0.15) is 5.11 Å². The van der Waals surface area contributed by atoms with Crippen LogP contribution >= 0.6 is 0 Å². The molecule has 1 rings (SSSR count). The minimum Gasteiger partial charge on any atom is -0.240 e. The van der Waals surface area contributed by atoms with Gasteiger partial charge in [0.15, 0.2) is 6.17 Å². The van der Waals surface area contributed by atoms with Gasteiger partial charge in [0, 0.05) is 0 Å². The van der Waals surface area contributed by atoms with Gasteiger partial charge < -0.3 is 0 Å². The molecule has 0 radical (unpaired) electrons. The number of hydrogen-bond donors (Lipinski definition) is 0. The second-order valence-corrected chi connectivity index (χ2v) is 3.00. The van der Waals surface area contributed by atoms with E-state index < -0.39 is 0 Å². The van der Waals surface area contributed by atoms with Crippen LogP contribution in [0.3, 0.4) is 0 Å². The molecule has 0 aromatic carbocycles. The lowest BCUT2D eigenvalue weighted by Gasteiger charge is -2.04. The highest BCUT2D eigenvalue weighted by Crippen LogP contribution is 2.14. The Hall–Kier alpha value is -0.730. The minimum absolute atomic E-state index is 0.111. The highest BCUT2D eigenvalue weighted by atomic mass is 15.3. The van der Waals surface area contributed by atoms with Crippen molar-refractivity contribution in [3.05, 3.63) is 0 Å². The van der Waals surface area contributed by atoms with Crippen LogP contribution < -0.4 is 0 Å². The first-order chi connectivity index (χ1) is 4.68. The molecule has 1 aliphatic heterocycles. The standard InChI is InChI=1S/C7H13N3/c1-5(2)4-7-8-6(3)9-10-7/h5,7H,4H2,1-3H3. The van der Waals surface area contributed by atoms with Crippen molar-refractivity contribution in [2.45, 2.75) is 33.4 Å². The molecule has 0 aromatic rings. The molecule has 0 aliphatic carbocycles. The maximum absolute atomic E-state index is 4.21. The van der Waals surface area contributed by atoms with E-state index in [9.17, 15) is 0 Å². The van der Waals surface area contributed by atoms with Crippen molar-refractivity contribution in [2.75, 3.05) is 0 Å². The Labute approximate surface area is 61.3 Å². The average Bonchev–Trinajstić information content (AvgIpc) is 2.13. The smallest absolute Gasteiger partial charge is 0.163 e. The lowest BCUT2D eigenvalue weighted by molar-refractivity contribution is 0.508. The van der Waals surface area contributed by atoms with E-state index >= 15 is 0 Å². The third kappa shape index (κ3) is 1.90. The molecule has 3 heteroatoms. The number of amidine groups is 1. The normalized spacial score (nSPS) is 24.0. The van der Waals surface area contributed by atoms with Gasteiger partial charge in [-0.3, -0.25) is 0 Å². The molecule has 0 amide bonds. The van der Waals surface area contributed by atoms with E-state index in [1.54, 1.807) is 0 Å². The number of aliphatic imine (C=N–C) groups is 1. The molecule has 0 fully saturated rings. The summed E-state index contributed by atoms with van der Waals surface area (Å²) < 4.78 is 0. The Kier molecular flexibility index (Phi) is 2.14. The number of nitrogens with zero attached hydrogens (tertiary/aromatic N) is 3. The van der Waals surface area contributed by atoms with Crippen molar-refractivity contribution in [3.63, 3.8) is 0 Å². The van der Waals surface area contributed by atoms with Crippen LogP contribution in [0.5, 0.6) is 0 Å². The largest absolute Gasteiger partial charge is 0.240 e. The highest BCUT2D eigenvalue weighted by Gasteiger charge is 2.11. The van der Waals surface area contributed by atoms with Crippen molar-refractivity contribution in [1.29, 1.82) is 0 Å². The van der Waals surface area contributed by atoms with Crippen LogP contribution in [0.2, 0.25) is 0 Å². The molecule has 1 aliphatic rings. The van der Waals surface area contributed by atoms with Crippen LogP contribution in [0, 0.1) is 5.92 Å². The fourth-order valence-electron chi connectivity index (χ4n) is 0.939. The number of hydrogen-bond acceptors (Lipinski definition) is 3. The van der Waals surface area contributed by atoms with Gasteiger partial charge in [0.1, 0.15) is 5.84 Å². The summed E-state index contributed by atoms with van der Waals surface area (Å²) in [5, 5.41) is 7.82. The van der Waals surface area contributed by atoms with E-state index in [1.165, 1.54) is 0 Å². The molecular formula is C7H13N3. The van der Waals surface area contributed by atoms with Crippen molar-refractivity contribution < 1.29 is 0 Å². The summed E-state index contributed by atoms with van der Waals surface area (Å²) in [5.41, 5.74) is 0. The predicted molar refractivity (Wildman–Crippen MR) is 41.2 cm³/mol. The maximum Gasteiger partial charge on any atom is 0.163 e. The van der Waals surface area contributed by atoms with Gasteiger partial charge in [0.2, 0.25) is 0 Å². The monoisotopic (exact) mass is 139 g/mol. The number of azo groups is 1. The van der Waals surface area contributed by atoms with Crippen LogP contribution in [0.25, 0.3) is 0 Å². The summed E-state index contributed by atoms with van der Waals surface area (Å²) in [4.78, 5) is 4.21. The van der Waals surface area contributed by atoms with Crippen molar-refractivity contribution >= 4 is 5.84 Å². The lowest BCUT2D eigenvalue weighted by atomic mass is 10.1. The van der Waals surface area contributed by atoms with Gasteiger partial charge in [-0.05, 0) is 19.3 Å². The molecule has 1 heterocycles. The lowest BCUT2D eigenvalue weighted by Crippen LogP contribution is -2.02. The first-order valence-electron chi connectivity index (χ1n) is 3.63. The zero-order chi connectivity index (χ0) is 7.56. The second-order valence-electron chi connectivity index (χ2n) is 3.00. The molecule has 0 aromatic heterocycles.